The molecule has 7 heteroatoms. The number of hydrogen-bond donors (Lipinski definition) is 1. The van der Waals surface area contributed by atoms with Crippen LogP contribution < -0.4 is 5.32 Å². The summed E-state index contributed by atoms with van der Waals surface area (Å²) in [5.41, 5.74) is 0. The Balaban J connectivity index is 2.03. The Labute approximate surface area is 152 Å². The van der Waals surface area contributed by atoms with Gasteiger partial charge in [0.15, 0.2) is 0 Å². The van der Waals surface area contributed by atoms with E-state index in [0.29, 0.717) is 18.0 Å². The Morgan fingerprint density at radius 1 is 1.24 bits per heavy atom. The Hall–Kier alpha value is -2.12. The van der Waals surface area contributed by atoms with Gasteiger partial charge in [0.2, 0.25) is 5.91 Å². The first-order valence-corrected chi connectivity index (χ1v) is 9.08. The van der Waals surface area contributed by atoms with Crippen molar-refractivity contribution in [1.82, 2.24) is 15.1 Å². The Kier molecular flexibility index (Phi) is 6.78. The van der Waals surface area contributed by atoms with E-state index in [0.717, 1.165) is 18.1 Å². The molecular weight excluding hydrogens is 338 g/mol. The summed E-state index contributed by atoms with van der Waals surface area (Å²) in [6, 6.07) is 6.71. The maximum atomic E-state index is 12.8. The number of thiophene rings is 1. The average molecular weight is 363 g/mol. The highest BCUT2D eigenvalue weighted by Gasteiger charge is 2.23. The van der Waals surface area contributed by atoms with Crippen LogP contribution in [-0.2, 0) is 11.3 Å². The van der Waals surface area contributed by atoms with Crippen LogP contribution in [0, 0.1) is 6.92 Å². The van der Waals surface area contributed by atoms with Gasteiger partial charge in [-0.3, -0.25) is 9.59 Å². The van der Waals surface area contributed by atoms with E-state index in [1.54, 1.807) is 17.9 Å². The van der Waals surface area contributed by atoms with Gasteiger partial charge in [0, 0.05) is 13.1 Å². The molecule has 0 spiro atoms. The van der Waals surface area contributed by atoms with Crippen molar-refractivity contribution in [2.45, 2.75) is 26.4 Å². The SMILES string of the molecule is Cc1ccc(CN(CCN(C)C)C(=O)[C@@H](C)NC(=O)c2cccs2)o1. The normalized spacial score (nSPS) is 12.2. The highest BCUT2D eigenvalue weighted by atomic mass is 32.1. The third kappa shape index (κ3) is 5.72. The molecule has 0 bridgehead atoms. The lowest BCUT2D eigenvalue weighted by Gasteiger charge is -2.26. The Morgan fingerprint density at radius 2 is 2.00 bits per heavy atom. The smallest absolute Gasteiger partial charge is 0.261 e. The van der Waals surface area contributed by atoms with E-state index in [9.17, 15) is 9.59 Å². The summed E-state index contributed by atoms with van der Waals surface area (Å²) in [6.45, 7) is 5.27. The van der Waals surface area contributed by atoms with E-state index in [2.05, 4.69) is 5.32 Å². The maximum absolute atomic E-state index is 12.8. The highest BCUT2D eigenvalue weighted by Crippen LogP contribution is 2.12. The average Bonchev–Trinajstić information content (AvgIpc) is 3.22. The lowest BCUT2D eigenvalue weighted by Crippen LogP contribution is -2.48. The van der Waals surface area contributed by atoms with E-state index in [1.807, 2.05) is 49.5 Å². The molecule has 2 aromatic heterocycles. The minimum Gasteiger partial charge on any atom is -0.464 e. The fraction of sp³-hybridized carbons (Fsp3) is 0.444. The van der Waals surface area contributed by atoms with Gasteiger partial charge in [-0.2, -0.15) is 0 Å². The van der Waals surface area contributed by atoms with Crippen LogP contribution in [0.5, 0.6) is 0 Å². The number of furan rings is 1. The number of carbonyl (C=O) groups is 2. The van der Waals surface area contributed by atoms with Gasteiger partial charge in [-0.1, -0.05) is 6.07 Å². The number of rotatable bonds is 8. The zero-order valence-corrected chi connectivity index (χ0v) is 15.9. The Bertz CT molecular complexity index is 694. The van der Waals surface area contributed by atoms with Crippen LogP contribution in [0.15, 0.2) is 34.1 Å². The molecule has 0 unspecified atom stereocenters. The van der Waals surface area contributed by atoms with Gasteiger partial charge in [-0.05, 0) is 51.5 Å². The van der Waals surface area contributed by atoms with E-state index < -0.39 is 6.04 Å². The van der Waals surface area contributed by atoms with Crippen LogP contribution in [0.3, 0.4) is 0 Å². The molecule has 2 aromatic rings. The maximum Gasteiger partial charge on any atom is 0.261 e. The molecule has 2 heterocycles. The van der Waals surface area contributed by atoms with Crippen molar-refractivity contribution < 1.29 is 14.0 Å². The quantitative estimate of drug-likeness (QED) is 0.782. The van der Waals surface area contributed by atoms with Crippen molar-refractivity contribution in [1.29, 1.82) is 0 Å². The molecule has 25 heavy (non-hydrogen) atoms. The second-order valence-corrected chi connectivity index (χ2v) is 7.20. The molecule has 0 aliphatic heterocycles. The molecule has 0 aliphatic rings. The van der Waals surface area contributed by atoms with Crippen LogP contribution in [0.1, 0.15) is 28.1 Å². The zero-order valence-electron chi connectivity index (χ0n) is 15.1. The molecule has 0 radical (unpaired) electrons. The number of hydrogen-bond acceptors (Lipinski definition) is 5. The molecule has 6 nitrogen and oxygen atoms in total. The second-order valence-electron chi connectivity index (χ2n) is 6.25. The molecule has 2 rings (SSSR count). The molecule has 136 valence electrons. The van der Waals surface area contributed by atoms with E-state index in [4.69, 9.17) is 4.42 Å². The number of carbonyl (C=O) groups excluding carboxylic acids is 2. The molecule has 1 N–H and O–H groups in total. The van der Waals surface area contributed by atoms with Crippen molar-refractivity contribution in [3.05, 3.63) is 46.0 Å². The summed E-state index contributed by atoms with van der Waals surface area (Å²) < 4.78 is 5.60. The minimum absolute atomic E-state index is 0.124. The second kappa shape index (κ2) is 8.82. The number of nitrogens with zero attached hydrogens (tertiary/aromatic N) is 2. The Morgan fingerprint density at radius 3 is 2.56 bits per heavy atom. The molecule has 2 amide bonds. The summed E-state index contributed by atoms with van der Waals surface area (Å²) in [7, 11) is 3.92. The highest BCUT2D eigenvalue weighted by molar-refractivity contribution is 7.12. The lowest BCUT2D eigenvalue weighted by molar-refractivity contribution is -0.133. The standard InChI is InChI=1S/C18H25N3O3S/c1-13-7-8-15(24-13)12-21(10-9-20(3)4)18(23)14(2)19-17(22)16-6-5-11-25-16/h5-8,11,14H,9-10,12H2,1-4H3,(H,19,22)/t14-/m1/s1. The third-order valence-electron chi connectivity index (χ3n) is 3.73. The monoisotopic (exact) mass is 363 g/mol. The molecule has 0 saturated heterocycles. The zero-order chi connectivity index (χ0) is 18.4. The number of amides is 2. The van der Waals surface area contributed by atoms with Crippen LogP contribution >= 0.6 is 11.3 Å². The van der Waals surface area contributed by atoms with Gasteiger partial charge in [0.1, 0.15) is 17.6 Å². The van der Waals surface area contributed by atoms with Crippen LogP contribution in [0.2, 0.25) is 0 Å². The summed E-state index contributed by atoms with van der Waals surface area (Å²) in [5, 5.41) is 4.61. The predicted octanol–water partition coefficient (Wildman–Crippen LogP) is 2.36. The lowest BCUT2D eigenvalue weighted by atomic mass is 10.2. The first-order valence-electron chi connectivity index (χ1n) is 8.20. The van der Waals surface area contributed by atoms with Crippen molar-refractivity contribution in [3.8, 4) is 0 Å². The van der Waals surface area contributed by atoms with Crippen LogP contribution in [-0.4, -0.2) is 54.8 Å². The molecular formula is C18H25N3O3S. The first kappa shape index (κ1) is 19.2. The van der Waals surface area contributed by atoms with Crippen molar-refractivity contribution in [2.75, 3.05) is 27.2 Å². The van der Waals surface area contributed by atoms with Crippen molar-refractivity contribution >= 4 is 23.2 Å². The molecule has 1 atom stereocenters. The number of nitrogens with one attached hydrogen (secondary N) is 1. The molecule has 0 fully saturated rings. The van der Waals surface area contributed by atoms with Gasteiger partial charge in [-0.25, -0.2) is 0 Å². The predicted molar refractivity (Wildman–Crippen MR) is 98.7 cm³/mol. The minimum atomic E-state index is -0.604. The third-order valence-corrected chi connectivity index (χ3v) is 4.60. The largest absolute Gasteiger partial charge is 0.464 e. The summed E-state index contributed by atoms with van der Waals surface area (Å²) >= 11 is 1.35. The fourth-order valence-electron chi connectivity index (χ4n) is 2.36. The van der Waals surface area contributed by atoms with Crippen LogP contribution in [0.4, 0.5) is 0 Å². The van der Waals surface area contributed by atoms with E-state index >= 15 is 0 Å². The van der Waals surface area contributed by atoms with Crippen LogP contribution in [0.25, 0.3) is 0 Å². The van der Waals surface area contributed by atoms with Gasteiger partial charge >= 0.3 is 0 Å². The van der Waals surface area contributed by atoms with Gasteiger partial charge in [0.25, 0.3) is 5.91 Å². The van der Waals surface area contributed by atoms with Gasteiger partial charge < -0.3 is 19.5 Å². The fourth-order valence-corrected chi connectivity index (χ4v) is 2.98. The summed E-state index contributed by atoms with van der Waals surface area (Å²) in [5.74, 6) is 1.20. The topological polar surface area (TPSA) is 65.8 Å². The number of likely N-dealkylation sites (N-methyl/N-ethyl adjacent to an activating group) is 1. The molecule has 0 aromatic carbocycles. The van der Waals surface area contributed by atoms with E-state index in [1.165, 1.54) is 11.3 Å². The van der Waals surface area contributed by atoms with Crippen molar-refractivity contribution in [3.63, 3.8) is 0 Å². The molecule has 0 aliphatic carbocycles. The summed E-state index contributed by atoms with van der Waals surface area (Å²) in [4.78, 5) is 29.3. The van der Waals surface area contributed by atoms with Crippen molar-refractivity contribution in [2.24, 2.45) is 0 Å². The summed E-state index contributed by atoms with van der Waals surface area (Å²) in [6.07, 6.45) is 0. The van der Waals surface area contributed by atoms with E-state index in [-0.39, 0.29) is 11.8 Å². The molecule has 0 saturated carbocycles. The van der Waals surface area contributed by atoms with Gasteiger partial charge in [-0.15, -0.1) is 11.3 Å². The first-order chi connectivity index (χ1) is 11.9. The van der Waals surface area contributed by atoms with Gasteiger partial charge in [0.05, 0.1) is 11.4 Å². The number of aryl methyl sites for hydroxylation is 1.